The molecule has 0 aliphatic carbocycles. The Hall–Kier alpha value is -1.09. The van der Waals surface area contributed by atoms with Crippen molar-refractivity contribution in [1.82, 2.24) is 9.36 Å². The fourth-order valence-electron chi connectivity index (χ4n) is 1.28. The van der Waals surface area contributed by atoms with Gasteiger partial charge in [0.15, 0.2) is 4.34 Å². The van der Waals surface area contributed by atoms with Crippen LogP contribution in [-0.2, 0) is 0 Å². The quantitative estimate of drug-likeness (QED) is 0.453. The molecule has 0 bridgehead atoms. The normalized spacial score (nSPS) is 10.3. The van der Waals surface area contributed by atoms with Crippen LogP contribution in [0, 0.1) is 0 Å². The topological polar surface area (TPSA) is 75.5 Å². The lowest BCUT2D eigenvalue weighted by Crippen LogP contribution is -2.29. The molecule has 18 heavy (non-hydrogen) atoms. The Morgan fingerprint density at radius 1 is 1.39 bits per heavy atom. The number of rotatable bonds is 6. The Kier molecular flexibility index (Phi) is 5.00. The Morgan fingerprint density at radius 3 is 3.00 bits per heavy atom. The van der Waals surface area contributed by atoms with Crippen molar-refractivity contribution in [2.24, 2.45) is 0 Å². The van der Waals surface area contributed by atoms with E-state index in [1.807, 2.05) is 0 Å². The van der Waals surface area contributed by atoms with Gasteiger partial charge in [-0.3, -0.25) is 0 Å². The van der Waals surface area contributed by atoms with Crippen LogP contribution < -0.4 is 10.2 Å². The van der Waals surface area contributed by atoms with Crippen molar-refractivity contribution in [1.29, 1.82) is 0 Å². The van der Waals surface area contributed by atoms with E-state index in [2.05, 4.69) is 9.36 Å². The first-order valence-electron chi connectivity index (χ1n) is 5.24. The van der Waals surface area contributed by atoms with E-state index in [4.69, 9.17) is 14.8 Å². The van der Waals surface area contributed by atoms with Crippen molar-refractivity contribution in [2.75, 3.05) is 12.4 Å². The first-order chi connectivity index (χ1) is 8.75. The van der Waals surface area contributed by atoms with Crippen LogP contribution in [0.2, 0.25) is 0 Å². The fourth-order valence-corrected chi connectivity index (χ4v) is 2.61. The number of thioether (sulfide) groups is 1. The van der Waals surface area contributed by atoms with Crippen LogP contribution in [0.15, 0.2) is 34.9 Å². The third kappa shape index (κ3) is 3.99. The van der Waals surface area contributed by atoms with E-state index in [-0.39, 0.29) is 0 Å². The molecule has 2 N–H and O–H groups in total. The third-order valence-electron chi connectivity index (χ3n) is 2.07. The smallest absolute Gasteiger partial charge is 0.488 e. The summed E-state index contributed by atoms with van der Waals surface area (Å²) in [4.78, 5) is 4.05. The molecule has 8 heteroatoms. The van der Waals surface area contributed by atoms with Gasteiger partial charge in [0.1, 0.15) is 12.1 Å². The molecular weight excluding hydrogens is 271 g/mol. The summed E-state index contributed by atoms with van der Waals surface area (Å²) < 4.78 is 10.3. The number of ether oxygens (including phenoxy) is 1. The highest BCUT2D eigenvalue weighted by molar-refractivity contribution is 8.00. The lowest BCUT2D eigenvalue weighted by molar-refractivity contribution is 0.344. The van der Waals surface area contributed by atoms with E-state index < -0.39 is 7.12 Å². The molecule has 94 valence electrons. The average molecular weight is 282 g/mol. The van der Waals surface area contributed by atoms with E-state index in [9.17, 15) is 0 Å². The lowest BCUT2D eigenvalue weighted by atomic mass is 9.80. The highest BCUT2D eigenvalue weighted by atomic mass is 32.2. The van der Waals surface area contributed by atoms with Crippen molar-refractivity contribution in [3.8, 4) is 5.75 Å². The maximum Gasteiger partial charge on any atom is 0.488 e. The first-order valence-corrected chi connectivity index (χ1v) is 7.00. The van der Waals surface area contributed by atoms with Crippen molar-refractivity contribution in [3.05, 3.63) is 30.6 Å². The Morgan fingerprint density at radius 2 is 2.28 bits per heavy atom. The van der Waals surface area contributed by atoms with Crippen molar-refractivity contribution >= 4 is 35.9 Å². The molecule has 0 amide bonds. The predicted molar refractivity (Wildman–Crippen MR) is 72.4 cm³/mol. The number of hydrogen-bond donors (Lipinski definition) is 2. The predicted octanol–water partition coefficient (Wildman–Crippen LogP) is 0.389. The van der Waals surface area contributed by atoms with Crippen LogP contribution >= 0.6 is 23.3 Å². The molecule has 5 nitrogen and oxygen atoms in total. The largest absolute Gasteiger partial charge is 0.493 e. The molecular formula is C10H11BN2O3S2. The Balaban J connectivity index is 1.78. The lowest BCUT2D eigenvalue weighted by Gasteiger charge is -2.06. The molecule has 0 saturated carbocycles. The van der Waals surface area contributed by atoms with Gasteiger partial charge < -0.3 is 14.8 Å². The number of hydrogen-bond acceptors (Lipinski definition) is 7. The maximum absolute atomic E-state index is 9.03. The van der Waals surface area contributed by atoms with Gasteiger partial charge in [0, 0.05) is 5.75 Å². The molecule has 0 spiro atoms. The zero-order valence-corrected chi connectivity index (χ0v) is 11.0. The molecule has 0 fully saturated rings. The summed E-state index contributed by atoms with van der Waals surface area (Å²) in [5.41, 5.74) is 0.421. The minimum absolute atomic E-state index is 0.421. The minimum Gasteiger partial charge on any atom is -0.493 e. The standard InChI is InChI=1S/C10H11BN2O3S2/c14-11(15)8-2-1-3-9(6-8)16-4-5-17-10-12-7-13-18-10/h1-3,6-7,14-15H,4-5H2. The van der Waals surface area contributed by atoms with Gasteiger partial charge in [0.25, 0.3) is 0 Å². The van der Waals surface area contributed by atoms with Gasteiger partial charge in [-0.1, -0.05) is 23.9 Å². The van der Waals surface area contributed by atoms with E-state index in [0.717, 1.165) is 10.1 Å². The summed E-state index contributed by atoms with van der Waals surface area (Å²) in [6.45, 7) is 0.523. The van der Waals surface area contributed by atoms with Crippen LogP contribution in [0.4, 0.5) is 0 Å². The number of nitrogens with zero attached hydrogens (tertiary/aromatic N) is 2. The van der Waals surface area contributed by atoms with Gasteiger partial charge >= 0.3 is 7.12 Å². The van der Waals surface area contributed by atoms with Crippen molar-refractivity contribution in [2.45, 2.75) is 4.34 Å². The Bertz CT molecular complexity index is 482. The van der Waals surface area contributed by atoms with Crippen molar-refractivity contribution < 1.29 is 14.8 Å². The first kappa shape index (κ1) is 13.3. The zero-order chi connectivity index (χ0) is 12.8. The summed E-state index contributed by atoms with van der Waals surface area (Å²) in [7, 11) is -1.47. The average Bonchev–Trinajstić information content (AvgIpc) is 2.88. The van der Waals surface area contributed by atoms with E-state index in [1.165, 1.54) is 17.9 Å². The van der Waals surface area contributed by atoms with Crippen LogP contribution in [0.3, 0.4) is 0 Å². The molecule has 0 saturated heterocycles. The summed E-state index contributed by atoms with van der Waals surface area (Å²) in [5, 5.41) is 18.1. The molecule has 1 heterocycles. The number of benzene rings is 1. The van der Waals surface area contributed by atoms with Gasteiger partial charge in [0.05, 0.1) is 6.61 Å². The van der Waals surface area contributed by atoms with Gasteiger partial charge in [-0.2, -0.15) is 4.37 Å². The van der Waals surface area contributed by atoms with Gasteiger partial charge in [0.2, 0.25) is 0 Å². The summed E-state index contributed by atoms with van der Waals surface area (Å²) in [6, 6.07) is 6.75. The van der Waals surface area contributed by atoms with Crippen LogP contribution in [0.5, 0.6) is 5.75 Å². The molecule has 1 aromatic heterocycles. The second-order valence-corrected chi connectivity index (χ2v) is 5.47. The molecule has 0 aliphatic rings. The molecule has 0 atom stereocenters. The van der Waals surface area contributed by atoms with Crippen LogP contribution in [0.1, 0.15) is 0 Å². The fraction of sp³-hybridized carbons (Fsp3) is 0.200. The van der Waals surface area contributed by atoms with Crippen molar-refractivity contribution in [3.63, 3.8) is 0 Å². The van der Waals surface area contributed by atoms with Gasteiger partial charge in [-0.25, -0.2) is 4.98 Å². The van der Waals surface area contributed by atoms with Crippen LogP contribution in [0.25, 0.3) is 0 Å². The molecule has 0 unspecified atom stereocenters. The summed E-state index contributed by atoms with van der Waals surface area (Å²) in [6.07, 6.45) is 1.53. The Labute approximate surface area is 113 Å². The molecule has 2 rings (SSSR count). The molecule has 0 radical (unpaired) electrons. The third-order valence-corrected chi connectivity index (χ3v) is 3.84. The zero-order valence-electron chi connectivity index (χ0n) is 9.39. The van der Waals surface area contributed by atoms with E-state index in [0.29, 0.717) is 17.8 Å². The summed E-state index contributed by atoms with van der Waals surface area (Å²) >= 11 is 2.93. The highest BCUT2D eigenvalue weighted by Crippen LogP contribution is 2.18. The van der Waals surface area contributed by atoms with E-state index >= 15 is 0 Å². The van der Waals surface area contributed by atoms with Gasteiger partial charge in [-0.05, 0) is 29.1 Å². The maximum atomic E-state index is 9.03. The van der Waals surface area contributed by atoms with Gasteiger partial charge in [-0.15, -0.1) is 0 Å². The highest BCUT2D eigenvalue weighted by Gasteiger charge is 2.10. The SMILES string of the molecule is OB(O)c1cccc(OCCSc2ncns2)c1. The number of aromatic nitrogens is 2. The van der Waals surface area contributed by atoms with E-state index in [1.54, 1.807) is 36.0 Å². The van der Waals surface area contributed by atoms with Crippen LogP contribution in [-0.4, -0.2) is 38.9 Å². The second-order valence-electron chi connectivity index (χ2n) is 3.35. The molecule has 2 aromatic rings. The second kappa shape index (κ2) is 6.74. The molecule has 0 aliphatic heterocycles. The monoisotopic (exact) mass is 282 g/mol. The minimum atomic E-state index is -1.47. The summed E-state index contributed by atoms with van der Waals surface area (Å²) in [5.74, 6) is 1.39. The molecule has 1 aromatic carbocycles.